The molecule has 1 N–H and O–H groups in total. The number of nitrogens with zero attached hydrogens (tertiary/aromatic N) is 4. The summed E-state index contributed by atoms with van der Waals surface area (Å²) >= 11 is 0. The van der Waals surface area contributed by atoms with Crippen LogP contribution in [0.15, 0.2) is 42.7 Å². The number of hydrogen-bond donors (Lipinski definition) is 1. The SMILES string of the molecule is CCCCN(C(=O)CN1C[C@H](c2ccc3c(c2)OCO3)C(C(=O)O)[C@@H]1CCN1CCCC1=O)c1ccc[n+](C)c1. The first-order valence-corrected chi connectivity index (χ1v) is 14.3. The third kappa shape index (κ3) is 5.91. The molecule has 10 nitrogen and oxygen atoms in total. The Balaban J connectivity index is 1.43. The Kier molecular flexibility index (Phi) is 8.54. The van der Waals surface area contributed by atoms with Crippen LogP contribution in [0, 0.1) is 5.92 Å². The summed E-state index contributed by atoms with van der Waals surface area (Å²) in [5, 5.41) is 10.5. The number of anilines is 1. The highest BCUT2D eigenvalue weighted by Gasteiger charge is 2.47. The number of hydrogen-bond acceptors (Lipinski definition) is 6. The number of carbonyl (C=O) groups is 3. The van der Waals surface area contributed by atoms with E-state index in [1.807, 2.05) is 69.0 Å². The van der Waals surface area contributed by atoms with Crippen LogP contribution in [0.5, 0.6) is 11.5 Å². The summed E-state index contributed by atoms with van der Waals surface area (Å²) < 4.78 is 13.0. The fraction of sp³-hybridized carbons (Fsp3) is 0.533. The van der Waals surface area contributed by atoms with Crippen LogP contribution >= 0.6 is 0 Å². The van der Waals surface area contributed by atoms with Crippen molar-refractivity contribution in [1.82, 2.24) is 9.80 Å². The van der Waals surface area contributed by atoms with Gasteiger partial charge in [-0.1, -0.05) is 19.4 Å². The summed E-state index contributed by atoms with van der Waals surface area (Å²) in [6, 6.07) is 9.05. The minimum atomic E-state index is -0.895. The van der Waals surface area contributed by atoms with Crippen molar-refractivity contribution in [2.75, 3.05) is 44.4 Å². The largest absolute Gasteiger partial charge is 0.481 e. The first-order chi connectivity index (χ1) is 19.4. The van der Waals surface area contributed by atoms with E-state index in [2.05, 4.69) is 6.92 Å². The van der Waals surface area contributed by atoms with Gasteiger partial charge in [0.2, 0.25) is 18.6 Å². The maximum absolute atomic E-state index is 13.9. The number of pyridine rings is 1. The number of fused-ring (bicyclic) bond motifs is 1. The van der Waals surface area contributed by atoms with Crippen LogP contribution in [0.1, 0.15) is 50.5 Å². The van der Waals surface area contributed by atoms with Crippen molar-refractivity contribution in [3.63, 3.8) is 0 Å². The molecular formula is C30H39N4O6+. The zero-order chi connectivity index (χ0) is 28.2. The van der Waals surface area contributed by atoms with Gasteiger partial charge in [0.25, 0.3) is 0 Å². The van der Waals surface area contributed by atoms with E-state index in [1.165, 1.54) is 0 Å². The number of likely N-dealkylation sites (tertiary alicyclic amines) is 2. The van der Waals surface area contributed by atoms with Crippen molar-refractivity contribution in [3.8, 4) is 11.5 Å². The minimum Gasteiger partial charge on any atom is -0.481 e. The molecule has 1 aromatic heterocycles. The van der Waals surface area contributed by atoms with Gasteiger partial charge >= 0.3 is 5.97 Å². The number of ether oxygens (including phenoxy) is 2. The molecule has 1 unspecified atom stereocenters. The molecule has 2 aromatic rings. The second-order valence-corrected chi connectivity index (χ2v) is 11.0. The van der Waals surface area contributed by atoms with Gasteiger partial charge in [0.05, 0.1) is 12.5 Å². The zero-order valence-electron chi connectivity index (χ0n) is 23.3. The number of carboxylic acid groups (broad SMARTS) is 1. The van der Waals surface area contributed by atoms with E-state index in [0.29, 0.717) is 50.5 Å². The molecule has 2 saturated heterocycles. The Morgan fingerprint density at radius 1 is 1.20 bits per heavy atom. The summed E-state index contributed by atoms with van der Waals surface area (Å²) in [5.41, 5.74) is 1.68. The third-order valence-corrected chi connectivity index (χ3v) is 8.33. The second-order valence-electron chi connectivity index (χ2n) is 11.0. The molecule has 1 aromatic carbocycles. The highest BCUT2D eigenvalue weighted by molar-refractivity contribution is 5.94. The van der Waals surface area contributed by atoms with Crippen LogP contribution in [0.4, 0.5) is 5.69 Å². The molecule has 40 heavy (non-hydrogen) atoms. The maximum Gasteiger partial charge on any atom is 0.308 e. The smallest absolute Gasteiger partial charge is 0.308 e. The molecule has 0 radical (unpaired) electrons. The predicted molar refractivity (Wildman–Crippen MR) is 147 cm³/mol. The Morgan fingerprint density at radius 2 is 2.02 bits per heavy atom. The molecule has 2 amide bonds. The van der Waals surface area contributed by atoms with Gasteiger partial charge in [0, 0.05) is 50.6 Å². The summed E-state index contributed by atoms with van der Waals surface area (Å²) in [6.07, 6.45) is 7.53. The highest BCUT2D eigenvalue weighted by Crippen LogP contribution is 2.43. The van der Waals surface area contributed by atoms with Crippen LogP contribution in [0.3, 0.4) is 0 Å². The number of rotatable bonds is 11. The number of benzene rings is 1. The first-order valence-electron chi connectivity index (χ1n) is 14.3. The summed E-state index contributed by atoms with van der Waals surface area (Å²) in [4.78, 5) is 44.7. The van der Waals surface area contributed by atoms with Gasteiger partial charge in [-0.2, -0.15) is 0 Å². The fourth-order valence-corrected chi connectivity index (χ4v) is 6.27. The van der Waals surface area contributed by atoms with Crippen molar-refractivity contribution in [2.24, 2.45) is 13.0 Å². The van der Waals surface area contributed by atoms with E-state index >= 15 is 0 Å². The van der Waals surface area contributed by atoms with Crippen LogP contribution in [-0.4, -0.2) is 78.2 Å². The fourth-order valence-electron chi connectivity index (χ4n) is 6.27. The topological polar surface area (TPSA) is 104 Å². The molecule has 0 saturated carbocycles. The molecule has 10 heteroatoms. The van der Waals surface area contributed by atoms with E-state index in [9.17, 15) is 19.5 Å². The normalized spacial score (nSPS) is 22.2. The summed E-state index contributed by atoms with van der Waals surface area (Å²) in [6.45, 7) is 4.54. The van der Waals surface area contributed by atoms with E-state index in [4.69, 9.17) is 9.47 Å². The lowest BCUT2D eigenvalue weighted by Gasteiger charge is -2.30. The summed E-state index contributed by atoms with van der Waals surface area (Å²) in [7, 11) is 1.93. The maximum atomic E-state index is 13.9. The van der Waals surface area contributed by atoms with Crippen LogP contribution < -0.4 is 18.9 Å². The number of amides is 2. The first kappa shape index (κ1) is 27.9. The molecule has 3 aliphatic rings. The van der Waals surface area contributed by atoms with Gasteiger partial charge in [-0.25, -0.2) is 4.57 Å². The molecule has 0 bridgehead atoms. The number of aromatic nitrogens is 1. The molecule has 5 rings (SSSR count). The van der Waals surface area contributed by atoms with Gasteiger partial charge < -0.3 is 24.4 Å². The van der Waals surface area contributed by atoms with Crippen molar-refractivity contribution in [3.05, 3.63) is 48.3 Å². The number of carbonyl (C=O) groups excluding carboxylic acids is 2. The Labute approximate surface area is 235 Å². The molecule has 0 aliphatic carbocycles. The lowest BCUT2D eigenvalue weighted by molar-refractivity contribution is -0.670. The summed E-state index contributed by atoms with van der Waals surface area (Å²) in [5.74, 6) is -0.652. The lowest BCUT2D eigenvalue weighted by atomic mass is 9.84. The van der Waals surface area contributed by atoms with E-state index < -0.39 is 17.9 Å². The monoisotopic (exact) mass is 551 g/mol. The van der Waals surface area contributed by atoms with Crippen molar-refractivity contribution in [2.45, 2.75) is 51.0 Å². The van der Waals surface area contributed by atoms with Gasteiger partial charge in [-0.15, -0.1) is 0 Å². The predicted octanol–water partition coefficient (Wildman–Crippen LogP) is 2.55. The average Bonchev–Trinajstić information content (AvgIpc) is 3.65. The zero-order valence-corrected chi connectivity index (χ0v) is 23.3. The van der Waals surface area contributed by atoms with Crippen molar-refractivity contribution in [1.29, 1.82) is 0 Å². The molecule has 2 fully saturated rings. The van der Waals surface area contributed by atoms with E-state index in [-0.39, 0.29) is 31.1 Å². The molecular weight excluding hydrogens is 512 g/mol. The van der Waals surface area contributed by atoms with Crippen LogP contribution in [0.25, 0.3) is 0 Å². The number of carboxylic acids is 1. The Hall–Kier alpha value is -3.66. The molecule has 0 spiro atoms. The molecule has 3 atom stereocenters. The third-order valence-electron chi connectivity index (χ3n) is 8.33. The Bertz CT molecular complexity index is 1250. The standard InChI is InChI=1S/C30H38N4O6/c1-3-4-14-34(22-7-5-12-31(2)17-22)28(36)19-33-18-23(21-9-10-25-26(16-21)40-20-39-25)29(30(37)38)24(33)11-15-32-13-6-8-27(32)35/h5,7,9-10,12,16-17,23-24,29H,3-4,6,8,11,13-15,18-20H2,1-2H3/p+1/t23-,24+,29?/m1/s1. The average molecular weight is 552 g/mol. The van der Waals surface area contributed by atoms with Crippen molar-refractivity contribution >= 4 is 23.5 Å². The van der Waals surface area contributed by atoms with Gasteiger partial charge in [-0.05, 0) is 43.0 Å². The van der Waals surface area contributed by atoms with Crippen LogP contribution in [-0.2, 0) is 21.4 Å². The van der Waals surface area contributed by atoms with E-state index in [0.717, 1.165) is 30.5 Å². The van der Waals surface area contributed by atoms with E-state index in [1.54, 1.807) is 0 Å². The second kappa shape index (κ2) is 12.2. The molecule has 214 valence electrons. The van der Waals surface area contributed by atoms with Crippen LogP contribution in [0.2, 0.25) is 0 Å². The molecule has 4 heterocycles. The highest BCUT2D eigenvalue weighted by atomic mass is 16.7. The van der Waals surface area contributed by atoms with Gasteiger partial charge in [0.1, 0.15) is 12.7 Å². The van der Waals surface area contributed by atoms with Gasteiger partial charge in [-0.3, -0.25) is 19.3 Å². The number of aliphatic carboxylic acids is 1. The lowest BCUT2D eigenvalue weighted by Crippen LogP contribution is -2.46. The number of aryl methyl sites for hydroxylation is 1. The molecule has 3 aliphatic heterocycles. The Morgan fingerprint density at radius 3 is 2.75 bits per heavy atom. The van der Waals surface area contributed by atoms with Gasteiger partial charge in [0.15, 0.2) is 23.9 Å². The quantitative estimate of drug-likeness (QED) is 0.428. The minimum absolute atomic E-state index is 0.0580. The number of unbranched alkanes of at least 4 members (excludes halogenated alkanes) is 1. The van der Waals surface area contributed by atoms with Crippen molar-refractivity contribution < 1.29 is 33.5 Å².